The summed E-state index contributed by atoms with van der Waals surface area (Å²) < 4.78 is 1.96. The molecule has 0 amide bonds. The van der Waals surface area contributed by atoms with Crippen LogP contribution in [0.15, 0.2) is 24.8 Å². The number of nitrogens with zero attached hydrogens (tertiary/aromatic N) is 3. The molecule has 2 heterocycles. The molecule has 0 bridgehead atoms. The van der Waals surface area contributed by atoms with Gasteiger partial charge >= 0.3 is 0 Å². The Morgan fingerprint density at radius 3 is 2.60 bits per heavy atom. The van der Waals surface area contributed by atoms with Crippen LogP contribution in [-0.4, -0.2) is 14.5 Å². The van der Waals surface area contributed by atoms with Gasteiger partial charge in [-0.3, -0.25) is 4.57 Å². The van der Waals surface area contributed by atoms with Crippen LogP contribution in [0.4, 0.5) is 0 Å². The average Bonchev–Trinajstić information content (AvgIpc) is 2.64. The summed E-state index contributed by atoms with van der Waals surface area (Å²) in [6.07, 6.45) is 6.74. The molecule has 2 aromatic rings. The van der Waals surface area contributed by atoms with Gasteiger partial charge in [0.25, 0.3) is 0 Å². The summed E-state index contributed by atoms with van der Waals surface area (Å²) >= 11 is 0. The highest BCUT2D eigenvalue weighted by molar-refractivity contribution is 5.35. The number of hydrogen-bond acceptors (Lipinski definition) is 2. The maximum Gasteiger partial charge on any atom is 0.140 e. The number of imidazole rings is 1. The van der Waals surface area contributed by atoms with E-state index in [2.05, 4.69) is 29.9 Å². The summed E-state index contributed by atoms with van der Waals surface area (Å²) in [5.41, 5.74) is 3.47. The molecule has 0 aliphatic rings. The van der Waals surface area contributed by atoms with Gasteiger partial charge in [0.05, 0.1) is 5.69 Å². The van der Waals surface area contributed by atoms with E-state index in [1.807, 2.05) is 23.9 Å². The molecule has 0 atom stereocenters. The van der Waals surface area contributed by atoms with Gasteiger partial charge in [-0.2, -0.15) is 0 Å². The van der Waals surface area contributed by atoms with Crippen molar-refractivity contribution in [2.24, 2.45) is 0 Å². The topological polar surface area (TPSA) is 30.7 Å². The molecule has 78 valence electrons. The van der Waals surface area contributed by atoms with E-state index in [9.17, 15) is 0 Å². The lowest BCUT2D eigenvalue weighted by Gasteiger charge is -2.06. The minimum Gasteiger partial charge on any atom is -0.290 e. The Hall–Kier alpha value is -1.64. The minimum atomic E-state index is 0.966. The number of aryl methyl sites for hydroxylation is 3. The Morgan fingerprint density at radius 2 is 2.07 bits per heavy atom. The van der Waals surface area contributed by atoms with Gasteiger partial charge in [0.2, 0.25) is 0 Å². The molecule has 3 heteroatoms. The first-order valence-corrected chi connectivity index (χ1v) is 5.17. The minimum absolute atomic E-state index is 0.966. The summed E-state index contributed by atoms with van der Waals surface area (Å²) in [5, 5.41) is 0. The van der Waals surface area contributed by atoms with Gasteiger partial charge in [-0.15, -0.1) is 0 Å². The van der Waals surface area contributed by atoms with Crippen molar-refractivity contribution >= 4 is 0 Å². The van der Waals surface area contributed by atoms with Gasteiger partial charge in [0, 0.05) is 12.4 Å². The molecular weight excluding hydrogens is 186 g/mol. The van der Waals surface area contributed by atoms with Gasteiger partial charge in [-0.25, -0.2) is 9.97 Å². The standard InChI is InChI=1S/C12H15N3/c1-4-11-5-9(2)12(13-6-11)15-7-10(3)14-8-15/h5-8H,4H2,1-3H3. The molecule has 0 N–H and O–H groups in total. The van der Waals surface area contributed by atoms with Crippen LogP contribution in [0.2, 0.25) is 0 Å². The van der Waals surface area contributed by atoms with Crippen molar-refractivity contribution in [2.45, 2.75) is 27.2 Å². The quantitative estimate of drug-likeness (QED) is 0.747. The normalized spacial score (nSPS) is 10.6. The van der Waals surface area contributed by atoms with Crippen LogP contribution < -0.4 is 0 Å². The summed E-state index contributed by atoms with van der Waals surface area (Å²) in [4.78, 5) is 8.66. The molecule has 0 unspecified atom stereocenters. The highest BCUT2D eigenvalue weighted by atomic mass is 15.1. The van der Waals surface area contributed by atoms with Crippen LogP contribution in [-0.2, 0) is 6.42 Å². The Labute approximate surface area is 89.8 Å². The molecule has 0 saturated heterocycles. The third-order valence-electron chi connectivity index (χ3n) is 2.47. The lowest BCUT2D eigenvalue weighted by molar-refractivity contribution is 0.958. The molecule has 15 heavy (non-hydrogen) atoms. The van der Waals surface area contributed by atoms with Gasteiger partial charge in [0.1, 0.15) is 12.1 Å². The van der Waals surface area contributed by atoms with E-state index in [-0.39, 0.29) is 0 Å². The largest absolute Gasteiger partial charge is 0.290 e. The van der Waals surface area contributed by atoms with Gasteiger partial charge in [0.15, 0.2) is 0 Å². The van der Waals surface area contributed by atoms with Crippen molar-refractivity contribution in [3.8, 4) is 5.82 Å². The zero-order valence-electron chi connectivity index (χ0n) is 9.36. The summed E-state index contributed by atoms with van der Waals surface area (Å²) in [7, 11) is 0. The van der Waals surface area contributed by atoms with Crippen LogP contribution in [0, 0.1) is 13.8 Å². The second-order valence-corrected chi connectivity index (χ2v) is 3.76. The van der Waals surface area contributed by atoms with Crippen molar-refractivity contribution < 1.29 is 0 Å². The second kappa shape index (κ2) is 3.85. The third kappa shape index (κ3) is 1.91. The maximum atomic E-state index is 4.46. The molecule has 0 fully saturated rings. The molecule has 0 aromatic carbocycles. The van der Waals surface area contributed by atoms with Gasteiger partial charge in [-0.05, 0) is 31.4 Å². The lowest BCUT2D eigenvalue weighted by Crippen LogP contribution is -1.99. The summed E-state index contributed by atoms with van der Waals surface area (Å²) in [6, 6.07) is 2.18. The Bertz CT molecular complexity index is 471. The molecule has 0 aliphatic carbocycles. The summed E-state index contributed by atoms with van der Waals surface area (Å²) in [6.45, 7) is 6.20. The molecule has 2 rings (SSSR count). The first-order chi connectivity index (χ1) is 7.20. The fourth-order valence-electron chi connectivity index (χ4n) is 1.63. The Balaban J connectivity index is 2.45. The fourth-order valence-corrected chi connectivity index (χ4v) is 1.63. The van der Waals surface area contributed by atoms with Crippen molar-refractivity contribution in [1.29, 1.82) is 0 Å². The molecule has 3 nitrogen and oxygen atoms in total. The average molecular weight is 201 g/mol. The van der Waals surface area contributed by atoms with E-state index in [0.717, 1.165) is 17.9 Å². The summed E-state index contributed by atoms with van der Waals surface area (Å²) in [5.74, 6) is 0.966. The Kier molecular flexibility index (Phi) is 2.54. The Morgan fingerprint density at radius 1 is 1.27 bits per heavy atom. The van der Waals surface area contributed by atoms with E-state index in [0.29, 0.717) is 0 Å². The molecule has 0 saturated carbocycles. The molecule has 0 aliphatic heterocycles. The predicted octanol–water partition coefficient (Wildman–Crippen LogP) is 2.45. The van der Waals surface area contributed by atoms with Crippen molar-refractivity contribution in [1.82, 2.24) is 14.5 Å². The zero-order chi connectivity index (χ0) is 10.8. The second-order valence-electron chi connectivity index (χ2n) is 3.76. The molecular formula is C12H15N3. The van der Waals surface area contributed by atoms with E-state index in [1.165, 1.54) is 11.1 Å². The SMILES string of the molecule is CCc1cnc(-n2cnc(C)c2)c(C)c1. The van der Waals surface area contributed by atoms with Crippen molar-refractivity contribution in [3.05, 3.63) is 41.6 Å². The van der Waals surface area contributed by atoms with Crippen LogP contribution in [0.1, 0.15) is 23.7 Å². The van der Waals surface area contributed by atoms with Crippen molar-refractivity contribution in [3.63, 3.8) is 0 Å². The van der Waals surface area contributed by atoms with E-state index >= 15 is 0 Å². The maximum absolute atomic E-state index is 4.46. The number of rotatable bonds is 2. The van der Waals surface area contributed by atoms with Crippen LogP contribution >= 0.6 is 0 Å². The van der Waals surface area contributed by atoms with Gasteiger partial charge in [-0.1, -0.05) is 13.0 Å². The predicted molar refractivity (Wildman–Crippen MR) is 60.2 cm³/mol. The van der Waals surface area contributed by atoms with Crippen LogP contribution in [0.3, 0.4) is 0 Å². The monoisotopic (exact) mass is 201 g/mol. The van der Waals surface area contributed by atoms with Crippen LogP contribution in [0.25, 0.3) is 5.82 Å². The molecule has 0 spiro atoms. The smallest absolute Gasteiger partial charge is 0.140 e. The third-order valence-corrected chi connectivity index (χ3v) is 2.47. The lowest BCUT2D eigenvalue weighted by atomic mass is 10.1. The highest BCUT2D eigenvalue weighted by Gasteiger charge is 2.03. The first-order valence-electron chi connectivity index (χ1n) is 5.17. The van der Waals surface area contributed by atoms with Gasteiger partial charge < -0.3 is 0 Å². The molecule has 2 aromatic heterocycles. The fraction of sp³-hybridized carbons (Fsp3) is 0.333. The first kappa shape index (κ1) is 9.90. The van der Waals surface area contributed by atoms with Crippen LogP contribution in [0.5, 0.6) is 0 Å². The van der Waals surface area contributed by atoms with E-state index in [1.54, 1.807) is 6.33 Å². The highest BCUT2D eigenvalue weighted by Crippen LogP contribution is 2.13. The van der Waals surface area contributed by atoms with E-state index < -0.39 is 0 Å². The number of pyridine rings is 1. The van der Waals surface area contributed by atoms with Crippen molar-refractivity contribution in [2.75, 3.05) is 0 Å². The number of hydrogen-bond donors (Lipinski definition) is 0. The zero-order valence-corrected chi connectivity index (χ0v) is 9.36. The molecule has 0 radical (unpaired) electrons. The van der Waals surface area contributed by atoms with E-state index in [4.69, 9.17) is 0 Å². The number of aromatic nitrogens is 3.